The Labute approximate surface area is 193 Å². The fourth-order valence-corrected chi connectivity index (χ4v) is 4.20. The van der Waals surface area contributed by atoms with Gasteiger partial charge in [0.05, 0.1) is 6.04 Å². The maximum Gasteiger partial charge on any atom is 0.341 e. The van der Waals surface area contributed by atoms with Gasteiger partial charge in [-0.05, 0) is 29.8 Å². The Morgan fingerprint density at radius 2 is 1.76 bits per heavy atom. The molecule has 0 spiro atoms. The molecular weight excluding hydrogens is 449 g/mol. The van der Waals surface area contributed by atoms with Crippen LogP contribution in [0.25, 0.3) is 11.5 Å². The molecule has 9 nitrogen and oxygen atoms in total. The van der Waals surface area contributed by atoms with Crippen LogP contribution in [0, 0.1) is 17.5 Å². The van der Waals surface area contributed by atoms with Gasteiger partial charge in [-0.3, -0.25) is 0 Å². The minimum Gasteiger partial charge on any atom is -0.351 e. The van der Waals surface area contributed by atoms with Crippen molar-refractivity contribution in [3.8, 4) is 11.5 Å². The normalized spacial score (nSPS) is 18.1. The van der Waals surface area contributed by atoms with E-state index >= 15 is 0 Å². The average Bonchev–Trinajstić information content (AvgIpc) is 3.48. The van der Waals surface area contributed by atoms with Gasteiger partial charge in [-0.1, -0.05) is 0 Å². The second-order valence-electron chi connectivity index (χ2n) is 8.06. The van der Waals surface area contributed by atoms with Crippen LogP contribution in [0.1, 0.15) is 18.0 Å². The minimum atomic E-state index is -0.707. The van der Waals surface area contributed by atoms with Crippen molar-refractivity contribution < 1.29 is 18.0 Å². The molecule has 0 saturated carbocycles. The number of piperazine rings is 1. The predicted molar refractivity (Wildman–Crippen MR) is 117 cm³/mol. The van der Waals surface area contributed by atoms with E-state index in [1.807, 2.05) is 0 Å². The molecule has 12 heteroatoms. The first-order chi connectivity index (χ1) is 16.4. The number of rotatable bonds is 3. The molecule has 4 heterocycles. The number of pyridine rings is 1. The van der Waals surface area contributed by atoms with E-state index in [1.54, 1.807) is 33.8 Å². The number of carbonyl (C=O) groups excluding carboxylic acids is 1. The molecule has 0 aliphatic carbocycles. The summed E-state index contributed by atoms with van der Waals surface area (Å²) in [5.74, 6) is -1.19. The number of amides is 2. The van der Waals surface area contributed by atoms with Gasteiger partial charge in [-0.15, -0.1) is 0 Å². The Bertz CT molecular complexity index is 1230. The van der Waals surface area contributed by atoms with Crippen molar-refractivity contribution in [1.29, 1.82) is 0 Å². The molecule has 1 fully saturated rings. The van der Waals surface area contributed by atoms with Crippen LogP contribution in [0.5, 0.6) is 0 Å². The van der Waals surface area contributed by atoms with Crippen LogP contribution in [-0.4, -0.2) is 68.1 Å². The SMILES string of the molecule is Cn1ncnc1-c1ccc(F)c(N2CCN(C(=O)N3N=CCC3c3cc(F)cc(F)c3)CC2)n1. The standard InChI is InChI=1S/C22H21F3N8O/c1-30-21(26-13-28-30)18-3-2-17(25)20(29-18)31-6-8-32(9-7-31)22(34)33-19(4-5-27-33)14-10-15(23)12-16(24)11-14/h2-3,5,10-13,19H,4,6-9H2,1H3. The maximum absolute atomic E-state index is 14.6. The highest BCUT2D eigenvalue weighted by Crippen LogP contribution is 2.31. The summed E-state index contributed by atoms with van der Waals surface area (Å²) in [5, 5.41) is 9.40. The van der Waals surface area contributed by atoms with Crippen molar-refractivity contribution >= 4 is 18.1 Å². The molecule has 1 atom stereocenters. The van der Waals surface area contributed by atoms with Crippen LogP contribution < -0.4 is 4.90 Å². The summed E-state index contributed by atoms with van der Waals surface area (Å²) in [5.41, 5.74) is 0.834. The van der Waals surface area contributed by atoms with Crippen LogP contribution in [0.4, 0.5) is 23.8 Å². The quantitative estimate of drug-likeness (QED) is 0.588. The molecule has 2 aromatic heterocycles. The Kier molecular flexibility index (Phi) is 5.64. The number of urea groups is 1. The third-order valence-corrected chi connectivity index (χ3v) is 5.91. The topological polar surface area (TPSA) is 82.8 Å². The molecule has 2 amide bonds. The summed E-state index contributed by atoms with van der Waals surface area (Å²) < 4.78 is 43.5. The number of nitrogens with zero attached hydrogens (tertiary/aromatic N) is 8. The Balaban J connectivity index is 1.28. The van der Waals surface area contributed by atoms with Crippen molar-refractivity contribution in [3.05, 3.63) is 59.7 Å². The molecular formula is C22H21F3N8O. The molecule has 1 saturated heterocycles. The summed E-state index contributed by atoms with van der Waals surface area (Å²) in [6, 6.07) is 5.13. The van der Waals surface area contributed by atoms with E-state index in [2.05, 4.69) is 20.2 Å². The second-order valence-corrected chi connectivity index (χ2v) is 8.06. The van der Waals surface area contributed by atoms with Gasteiger partial charge in [0.25, 0.3) is 0 Å². The second kappa shape index (κ2) is 8.76. The summed E-state index contributed by atoms with van der Waals surface area (Å²) >= 11 is 0. The van der Waals surface area contributed by atoms with Crippen LogP contribution in [0.3, 0.4) is 0 Å². The van der Waals surface area contributed by atoms with Gasteiger partial charge in [0.1, 0.15) is 23.7 Å². The van der Waals surface area contributed by atoms with Gasteiger partial charge in [0.2, 0.25) is 0 Å². The average molecular weight is 470 g/mol. The highest BCUT2D eigenvalue weighted by atomic mass is 19.1. The number of hydrogen-bond acceptors (Lipinski definition) is 6. The van der Waals surface area contributed by atoms with E-state index in [1.165, 1.54) is 29.5 Å². The molecule has 34 heavy (non-hydrogen) atoms. The predicted octanol–water partition coefficient (Wildman–Crippen LogP) is 2.97. The Morgan fingerprint density at radius 1 is 1.03 bits per heavy atom. The van der Waals surface area contributed by atoms with E-state index < -0.39 is 23.5 Å². The number of benzene rings is 1. The van der Waals surface area contributed by atoms with Gasteiger partial charge >= 0.3 is 6.03 Å². The van der Waals surface area contributed by atoms with Crippen molar-refractivity contribution in [2.24, 2.45) is 12.1 Å². The van der Waals surface area contributed by atoms with E-state index in [4.69, 9.17) is 0 Å². The first-order valence-corrected chi connectivity index (χ1v) is 10.7. The highest BCUT2D eigenvalue weighted by Gasteiger charge is 2.34. The number of halogens is 3. The van der Waals surface area contributed by atoms with Crippen molar-refractivity contribution in [3.63, 3.8) is 0 Å². The summed E-state index contributed by atoms with van der Waals surface area (Å²) in [6.07, 6.45) is 3.31. The zero-order valence-corrected chi connectivity index (χ0v) is 18.3. The molecule has 5 rings (SSSR count). The van der Waals surface area contributed by atoms with Crippen LogP contribution in [0.2, 0.25) is 0 Å². The minimum absolute atomic E-state index is 0.180. The third-order valence-electron chi connectivity index (χ3n) is 5.91. The van der Waals surface area contributed by atoms with Gasteiger partial charge in [0, 0.05) is 51.9 Å². The maximum atomic E-state index is 14.6. The highest BCUT2D eigenvalue weighted by molar-refractivity contribution is 5.78. The number of hydrogen-bond donors (Lipinski definition) is 0. The van der Waals surface area contributed by atoms with Crippen LogP contribution in [-0.2, 0) is 7.05 Å². The molecule has 0 radical (unpaired) electrons. The lowest BCUT2D eigenvalue weighted by molar-refractivity contribution is 0.139. The lowest BCUT2D eigenvalue weighted by Gasteiger charge is -2.37. The zero-order chi connectivity index (χ0) is 23.8. The van der Waals surface area contributed by atoms with Crippen LogP contribution >= 0.6 is 0 Å². The van der Waals surface area contributed by atoms with Gasteiger partial charge in [0.15, 0.2) is 17.5 Å². The van der Waals surface area contributed by atoms with E-state index in [-0.39, 0.29) is 11.8 Å². The lowest BCUT2D eigenvalue weighted by Crippen LogP contribution is -2.52. The van der Waals surface area contributed by atoms with E-state index in [9.17, 15) is 18.0 Å². The fraction of sp³-hybridized carbons (Fsp3) is 0.318. The number of aromatic nitrogens is 4. The van der Waals surface area contributed by atoms with E-state index in [0.717, 1.165) is 6.07 Å². The molecule has 1 unspecified atom stereocenters. The molecule has 176 valence electrons. The monoisotopic (exact) mass is 470 g/mol. The molecule has 3 aromatic rings. The van der Waals surface area contributed by atoms with Gasteiger partial charge in [-0.2, -0.15) is 10.2 Å². The number of carbonyl (C=O) groups is 1. The summed E-state index contributed by atoms with van der Waals surface area (Å²) in [6.45, 7) is 1.33. The largest absolute Gasteiger partial charge is 0.351 e. The number of aryl methyl sites for hydroxylation is 1. The smallest absolute Gasteiger partial charge is 0.341 e. The first-order valence-electron chi connectivity index (χ1n) is 10.7. The molecule has 0 bridgehead atoms. The number of anilines is 1. The summed E-state index contributed by atoms with van der Waals surface area (Å²) in [7, 11) is 1.73. The molecule has 2 aliphatic heterocycles. The third kappa shape index (κ3) is 4.06. The lowest BCUT2D eigenvalue weighted by atomic mass is 10.0. The first kappa shape index (κ1) is 21.9. The van der Waals surface area contributed by atoms with Crippen molar-refractivity contribution in [2.75, 3.05) is 31.1 Å². The molecule has 1 aromatic carbocycles. The van der Waals surface area contributed by atoms with E-state index in [0.29, 0.717) is 49.7 Å². The Hall–Kier alpha value is -3.96. The van der Waals surface area contributed by atoms with Crippen molar-refractivity contribution in [2.45, 2.75) is 12.5 Å². The van der Waals surface area contributed by atoms with Gasteiger partial charge < -0.3 is 9.80 Å². The van der Waals surface area contributed by atoms with Crippen LogP contribution in [0.15, 0.2) is 41.8 Å². The number of hydrazone groups is 1. The van der Waals surface area contributed by atoms with Gasteiger partial charge in [-0.25, -0.2) is 37.6 Å². The van der Waals surface area contributed by atoms with Crippen molar-refractivity contribution in [1.82, 2.24) is 29.7 Å². The molecule has 2 aliphatic rings. The summed E-state index contributed by atoms with van der Waals surface area (Å²) in [4.78, 5) is 25.1. The Morgan fingerprint density at radius 3 is 2.44 bits per heavy atom. The molecule has 0 N–H and O–H groups in total. The zero-order valence-electron chi connectivity index (χ0n) is 18.3. The fourth-order valence-electron chi connectivity index (χ4n) is 4.20.